The van der Waals surface area contributed by atoms with Gasteiger partial charge in [0.05, 0.1) is 16.9 Å². The average molecular weight is 483 g/mol. The van der Waals surface area contributed by atoms with Crippen LogP contribution in [0.15, 0.2) is 91.1 Å². The fraction of sp³-hybridized carbons (Fsp3) is 0.0370. The molecule has 0 radical (unpaired) electrons. The van der Waals surface area contributed by atoms with E-state index in [9.17, 15) is 9.59 Å². The zero-order valence-corrected chi connectivity index (χ0v) is 19.1. The molecule has 0 saturated heterocycles. The molecular weight excluding hydrogens is 464 g/mol. The fourth-order valence-electron chi connectivity index (χ4n) is 3.30. The lowest BCUT2D eigenvalue weighted by atomic mass is 10.1. The van der Waals surface area contributed by atoms with Crippen molar-refractivity contribution in [1.82, 2.24) is 9.78 Å². The number of para-hydroxylation sites is 2. The van der Waals surface area contributed by atoms with Crippen LogP contribution in [0.3, 0.4) is 0 Å². The van der Waals surface area contributed by atoms with Crippen LogP contribution in [-0.4, -0.2) is 28.3 Å². The summed E-state index contributed by atoms with van der Waals surface area (Å²) < 4.78 is 6.77. The Morgan fingerprint density at radius 3 is 2.60 bits per heavy atom. The van der Waals surface area contributed by atoms with Crippen molar-refractivity contribution in [2.45, 2.75) is 0 Å². The molecule has 35 heavy (non-hydrogen) atoms. The first-order valence-electron chi connectivity index (χ1n) is 10.6. The third kappa shape index (κ3) is 6.02. The van der Waals surface area contributed by atoms with Crippen molar-refractivity contribution in [1.29, 1.82) is 5.26 Å². The smallest absolute Gasteiger partial charge is 0.331 e. The van der Waals surface area contributed by atoms with E-state index in [0.717, 1.165) is 11.3 Å². The predicted octanol–water partition coefficient (Wildman–Crippen LogP) is 5.26. The van der Waals surface area contributed by atoms with Crippen molar-refractivity contribution >= 4 is 35.2 Å². The number of carbonyl (C=O) groups excluding carboxylic acids is 2. The van der Waals surface area contributed by atoms with Crippen molar-refractivity contribution in [3.63, 3.8) is 0 Å². The van der Waals surface area contributed by atoms with E-state index in [1.165, 1.54) is 6.08 Å². The Morgan fingerprint density at radius 1 is 1.06 bits per heavy atom. The minimum atomic E-state index is -0.696. The highest BCUT2D eigenvalue weighted by molar-refractivity contribution is 6.30. The second-order valence-electron chi connectivity index (χ2n) is 7.37. The summed E-state index contributed by atoms with van der Waals surface area (Å²) in [6.45, 7) is -0.493. The number of benzene rings is 3. The number of hydrogen-bond donors (Lipinski definition) is 1. The van der Waals surface area contributed by atoms with Crippen molar-refractivity contribution in [3.8, 4) is 23.0 Å². The standard InChI is InChI=1S/C27H19ClN4O3/c28-22-9-6-8-19(15-22)27-21(17-32(31-27)23-10-2-1-3-11-23)13-14-26(34)35-18-25(33)30-24-12-5-4-7-20(24)16-29/h1-15,17H,18H2,(H,30,33)/b14-13+. The molecule has 172 valence electrons. The Bertz CT molecular complexity index is 1440. The normalized spacial score (nSPS) is 10.6. The number of nitrogens with zero attached hydrogens (tertiary/aromatic N) is 3. The number of aromatic nitrogens is 2. The molecule has 0 aliphatic heterocycles. The molecule has 0 fully saturated rings. The number of ether oxygens (including phenoxy) is 1. The molecule has 4 rings (SSSR count). The highest BCUT2D eigenvalue weighted by Crippen LogP contribution is 2.27. The van der Waals surface area contributed by atoms with Gasteiger partial charge in [0, 0.05) is 28.4 Å². The van der Waals surface area contributed by atoms with Crippen molar-refractivity contribution in [2.24, 2.45) is 0 Å². The van der Waals surface area contributed by atoms with Crippen molar-refractivity contribution < 1.29 is 14.3 Å². The summed E-state index contributed by atoms with van der Waals surface area (Å²) in [6.07, 6.45) is 4.60. The van der Waals surface area contributed by atoms with E-state index in [2.05, 4.69) is 10.4 Å². The second kappa shape index (κ2) is 11.0. The van der Waals surface area contributed by atoms with E-state index in [1.54, 1.807) is 53.4 Å². The summed E-state index contributed by atoms with van der Waals surface area (Å²) in [7, 11) is 0. The predicted molar refractivity (Wildman–Crippen MR) is 134 cm³/mol. The van der Waals surface area contributed by atoms with Gasteiger partial charge in [-0.25, -0.2) is 9.48 Å². The Balaban J connectivity index is 1.48. The third-order valence-corrected chi connectivity index (χ3v) is 5.16. The molecule has 0 bridgehead atoms. The van der Waals surface area contributed by atoms with Crippen LogP contribution in [0.5, 0.6) is 0 Å². The number of rotatable bonds is 7. The molecule has 0 saturated carbocycles. The fourth-order valence-corrected chi connectivity index (χ4v) is 3.49. The van der Waals surface area contributed by atoms with Gasteiger partial charge in [0.15, 0.2) is 6.61 Å². The van der Waals surface area contributed by atoms with Crippen molar-refractivity contribution in [2.75, 3.05) is 11.9 Å². The number of halogens is 1. The van der Waals surface area contributed by atoms with Gasteiger partial charge in [-0.3, -0.25) is 4.79 Å². The maximum atomic E-state index is 12.3. The first kappa shape index (κ1) is 23.5. The number of carbonyl (C=O) groups is 2. The van der Waals surface area contributed by atoms with Crippen LogP contribution in [0.1, 0.15) is 11.1 Å². The van der Waals surface area contributed by atoms with Gasteiger partial charge in [0.2, 0.25) is 0 Å². The van der Waals surface area contributed by atoms with Gasteiger partial charge in [-0.2, -0.15) is 10.4 Å². The van der Waals surface area contributed by atoms with Gasteiger partial charge in [0.1, 0.15) is 11.8 Å². The largest absolute Gasteiger partial charge is 0.452 e. The van der Waals surface area contributed by atoms with Gasteiger partial charge >= 0.3 is 5.97 Å². The second-order valence-corrected chi connectivity index (χ2v) is 7.81. The van der Waals surface area contributed by atoms with E-state index in [-0.39, 0.29) is 0 Å². The topological polar surface area (TPSA) is 97.0 Å². The van der Waals surface area contributed by atoms with E-state index in [1.807, 2.05) is 48.5 Å². The molecule has 1 aromatic heterocycles. The summed E-state index contributed by atoms with van der Waals surface area (Å²) in [4.78, 5) is 24.4. The Labute approximate surface area is 206 Å². The first-order valence-corrected chi connectivity index (χ1v) is 11.0. The summed E-state index contributed by atoms with van der Waals surface area (Å²) in [5.41, 5.74) is 3.61. The average Bonchev–Trinajstić information content (AvgIpc) is 3.31. The van der Waals surface area contributed by atoms with Crippen LogP contribution in [0, 0.1) is 11.3 Å². The molecule has 1 amide bonds. The molecule has 0 atom stereocenters. The van der Waals surface area contributed by atoms with E-state index < -0.39 is 18.5 Å². The maximum Gasteiger partial charge on any atom is 0.331 e. The quantitative estimate of drug-likeness (QED) is 0.286. The summed E-state index contributed by atoms with van der Waals surface area (Å²) in [5.74, 6) is -1.25. The zero-order valence-electron chi connectivity index (χ0n) is 18.4. The molecule has 4 aromatic rings. The molecule has 3 aromatic carbocycles. The van der Waals surface area contributed by atoms with Crippen molar-refractivity contribution in [3.05, 3.63) is 107 Å². The SMILES string of the molecule is N#Cc1ccccc1NC(=O)COC(=O)/C=C/c1cn(-c2ccccc2)nc1-c1cccc(Cl)c1. The summed E-state index contributed by atoms with van der Waals surface area (Å²) in [5, 5.41) is 16.9. The molecule has 0 spiro atoms. The molecule has 1 N–H and O–H groups in total. The molecular formula is C27H19ClN4O3. The highest BCUT2D eigenvalue weighted by Gasteiger charge is 2.12. The Kier molecular flexibility index (Phi) is 7.36. The number of nitrogens with one attached hydrogen (secondary N) is 1. The Hall–Kier alpha value is -4.67. The zero-order chi connectivity index (χ0) is 24.6. The lowest BCUT2D eigenvalue weighted by molar-refractivity contribution is -0.142. The van der Waals surface area contributed by atoms with E-state index in [0.29, 0.717) is 27.5 Å². The molecule has 0 unspecified atom stereocenters. The number of amides is 1. The molecule has 8 heteroatoms. The van der Waals surface area contributed by atoms with Crippen LogP contribution in [0.2, 0.25) is 5.02 Å². The molecule has 0 aliphatic carbocycles. The van der Waals surface area contributed by atoms with Gasteiger partial charge in [-0.15, -0.1) is 0 Å². The molecule has 7 nitrogen and oxygen atoms in total. The molecule has 1 heterocycles. The molecule has 0 aliphatic rings. The number of esters is 1. The number of hydrogen-bond acceptors (Lipinski definition) is 5. The lowest BCUT2D eigenvalue weighted by Crippen LogP contribution is -2.20. The minimum Gasteiger partial charge on any atom is -0.452 e. The van der Waals surface area contributed by atoms with Gasteiger partial charge in [-0.05, 0) is 42.5 Å². The monoisotopic (exact) mass is 482 g/mol. The van der Waals surface area contributed by atoms with E-state index >= 15 is 0 Å². The van der Waals surface area contributed by atoms with Crippen LogP contribution in [0.4, 0.5) is 5.69 Å². The number of nitriles is 1. The Morgan fingerprint density at radius 2 is 1.83 bits per heavy atom. The van der Waals surface area contributed by atoms with Crippen LogP contribution < -0.4 is 5.32 Å². The first-order chi connectivity index (χ1) is 17.0. The highest BCUT2D eigenvalue weighted by atomic mass is 35.5. The van der Waals surface area contributed by atoms with Crippen LogP contribution >= 0.6 is 11.6 Å². The van der Waals surface area contributed by atoms with Gasteiger partial charge < -0.3 is 10.1 Å². The third-order valence-electron chi connectivity index (χ3n) is 4.93. The van der Waals surface area contributed by atoms with Gasteiger partial charge in [0.25, 0.3) is 5.91 Å². The lowest BCUT2D eigenvalue weighted by Gasteiger charge is -2.06. The van der Waals surface area contributed by atoms with Crippen LogP contribution in [0.25, 0.3) is 23.0 Å². The minimum absolute atomic E-state index is 0.316. The maximum absolute atomic E-state index is 12.3. The number of anilines is 1. The van der Waals surface area contributed by atoms with Gasteiger partial charge in [-0.1, -0.05) is 54.1 Å². The summed E-state index contributed by atoms with van der Waals surface area (Å²) >= 11 is 6.16. The summed E-state index contributed by atoms with van der Waals surface area (Å²) in [6, 6.07) is 25.4. The van der Waals surface area contributed by atoms with E-state index in [4.69, 9.17) is 21.6 Å². The van der Waals surface area contributed by atoms with Crippen LogP contribution in [-0.2, 0) is 14.3 Å².